The summed E-state index contributed by atoms with van der Waals surface area (Å²) in [5, 5.41) is 28.4. The second-order valence-corrected chi connectivity index (χ2v) is 12.0. The zero-order valence-corrected chi connectivity index (χ0v) is 28.1. The lowest BCUT2D eigenvalue weighted by Crippen LogP contribution is -2.55. The van der Waals surface area contributed by atoms with Gasteiger partial charge in [-0.25, -0.2) is 9.59 Å². The van der Waals surface area contributed by atoms with Gasteiger partial charge in [0.1, 0.15) is 24.7 Å². The van der Waals surface area contributed by atoms with E-state index in [-0.39, 0.29) is 44.3 Å². The zero-order valence-electron chi connectivity index (χ0n) is 28.1. The van der Waals surface area contributed by atoms with Crippen molar-refractivity contribution in [3.05, 3.63) is 95.6 Å². The molecule has 1 aliphatic rings. The van der Waals surface area contributed by atoms with Gasteiger partial charge in [-0.15, -0.1) is 0 Å². The first-order valence-electron chi connectivity index (χ1n) is 16.5. The second-order valence-electron chi connectivity index (χ2n) is 12.0. The van der Waals surface area contributed by atoms with E-state index < -0.39 is 66.8 Å². The fourth-order valence-corrected chi connectivity index (χ4v) is 5.80. The van der Waals surface area contributed by atoms with E-state index in [1.165, 1.54) is 0 Å². The molecule has 0 fully saturated rings. The number of carbonyl (C=O) groups excluding carboxylic acids is 4. The predicted molar refractivity (Wildman–Crippen MR) is 189 cm³/mol. The second kappa shape index (κ2) is 18.5. The van der Waals surface area contributed by atoms with Crippen molar-refractivity contribution in [2.24, 2.45) is 16.5 Å². The molecule has 274 valence electrons. The Bertz CT molecular complexity index is 1750. The number of nitrogens with one attached hydrogen (secondary N) is 4. The molecule has 0 radical (unpaired) electrons. The van der Waals surface area contributed by atoms with E-state index in [0.717, 1.165) is 22.3 Å². The minimum atomic E-state index is -1.66. The molecule has 3 atom stereocenters. The third-order valence-electron chi connectivity index (χ3n) is 8.25. The van der Waals surface area contributed by atoms with Crippen LogP contribution in [-0.4, -0.2) is 89.7 Å². The lowest BCUT2D eigenvalue weighted by atomic mass is 9.98. The highest BCUT2D eigenvalue weighted by Crippen LogP contribution is 2.44. The molecule has 0 spiro atoms. The molecule has 10 N–H and O–H groups in total. The molecule has 3 aromatic carbocycles. The van der Waals surface area contributed by atoms with Crippen molar-refractivity contribution < 1.29 is 43.7 Å². The van der Waals surface area contributed by atoms with E-state index in [9.17, 15) is 39.0 Å². The van der Waals surface area contributed by atoms with Crippen LogP contribution >= 0.6 is 0 Å². The van der Waals surface area contributed by atoms with Gasteiger partial charge in [0.2, 0.25) is 17.7 Å². The summed E-state index contributed by atoms with van der Waals surface area (Å²) in [5.41, 5.74) is 15.5. The highest BCUT2D eigenvalue weighted by molar-refractivity contribution is 5.95. The van der Waals surface area contributed by atoms with Gasteiger partial charge in [-0.1, -0.05) is 78.9 Å². The molecule has 4 rings (SSSR count). The number of amides is 4. The molecule has 1 aliphatic carbocycles. The molecular weight excluding hydrogens is 674 g/mol. The van der Waals surface area contributed by atoms with Crippen molar-refractivity contribution in [1.29, 1.82) is 0 Å². The summed E-state index contributed by atoms with van der Waals surface area (Å²) in [7, 11) is 0. The van der Waals surface area contributed by atoms with Gasteiger partial charge in [-0.05, 0) is 40.7 Å². The number of carboxylic acid groups (broad SMARTS) is 2. The van der Waals surface area contributed by atoms with Gasteiger partial charge in [-0.3, -0.25) is 24.2 Å². The number of fused-ring (bicyclic) bond motifs is 3. The van der Waals surface area contributed by atoms with Gasteiger partial charge in [0.05, 0.1) is 13.0 Å². The summed E-state index contributed by atoms with van der Waals surface area (Å²) >= 11 is 0. The molecule has 16 nitrogen and oxygen atoms in total. The van der Waals surface area contributed by atoms with Crippen LogP contribution in [0.3, 0.4) is 0 Å². The molecule has 0 aliphatic heterocycles. The monoisotopic (exact) mass is 715 g/mol. The molecule has 3 aromatic rings. The minimum absolute atomic E-state index is 0.00821. The molecule has 0 bridgehead atoms. The molecule has 0 saturated heterocycles. The molecule has 0 unspecified atom stereocenters. The van der Waals surface area contributed by atoms with Gasteiger partial charge in [0, 0.05) is 18.9 Å². The predicted octanol–water partition coefficient (Wildman–Crippen LogP) is 0.835. The number of carboxylic acids is 2. The Morgan fingerprint density at radius 3 is 1.96 bits per heavy atom. The molecule has 0 aromatic heterocycles. The van der Waals surface area contributed by atoms with Crippen molar-refractivity contribution in [3.8, 4) is 11.1 Å². The van der Waals surface area contributed by atoms with Crippen LogP contribution in [0.1, 0.15) is 41.9 Å². The topological polar surface area (TPSA) is 265 Å². The Morgan fingerprint density at radius 2 is 1.37 bits per heavy atom. The normalized spacial score (nSPS) is 13.2. The van der Waals surface area contributed by atoms with Crippen LogP contribution in [0, 0.1) is 0 Å². The highest BCUT2D eigenvalue weighted by atomic mass is 16.5. The van der Waals surface area contributed by atoms with E-state index in [4.69, 9.17) is 16.2 Å². The summed E-state index contributed by atoms with van der Waals surface area (Å²) < 4.78 is 5.57. The number of hydrogen-bond acceptors (Lipinski definition) is 8. The SMILES string of the molecule is NC(N)=NCCC[C@H](NC(=O)OCC1c2ccccc2-c2ccccc21)C(=O)NCC(=O)N[C@@H](CC(=O)O)C(=O)N[C@@H](Cc1ccccc1)C(=O)O. The van der Waals surface area contributed by atoms with Crippen molar-refractivity contribution in [3.63, 3.8) is 0 Å². The first-order chi connectivity index (χ1) is 24.9. The van der Waals surface area contributed by atoms with Crippen molar-refractivity contribution in [1.82, 2.24) is 21.3 Å². The van der Waals surface area contributed by atoms with Crippen molar-refractivity contribution >= 4 is 41.7 Å². The number of hydrogen-bond donors (Lipinski definition) is 8. The van der Waals surface area contributed by atoms with E-state index in [1.807, 2.05) is 48.5 Å². The van der Waals surface area contributed by atoms with E-state index >= 15 is 0 Å². The van der Waals surface area contributed by atoms with Gasteiger partial charge in [0.25, 0.3) is 0 Å². The van der Waals surface area contributed by atoms with Crippen LogP contribution in [0.15, 0.2) is 83.9 Å². The summed E-state index contributed by atoms with van der Waals surface area (Å²) in [6.45, 7) is -0.566. The third kappa shape index (κ3) is 11.0. The van der Waals surface area contributed by atoms with Crippen molar-refractivity contribution in [2.75, 3.05) is 19.7 Å². The smallest absolute Gasteiger partial charge is 0.407 e. The number of nitrogens with zero attached hydrogens (tertiary/aromatic N) is 1. The maximum Gasteiger partial charge on any atom is 0.407 e. The molecule has 4 amide bonds. The van der Waals surface area contributed by atoms with Crippen LogP contribution in [0.2, 0.25) is 0 Å². The molecule has 52 heavy (non-hydrogen) atoms. The number of benzene rings is 3. The van der Waals surface area contributed by atoms with Gasteiger partial charge >= 0.3 is 18.0 Å². The Labute approximate surface area is 299 Å². The number of aliphatic carboxylic acids is 2. The Kier molecular flexibility index (Phi) is 13.7. The van der Waals surface area contributed by atoms with Gasteiger partial charge in [0.15, 0.2) is 5.96 Å². The molecular formula is C36H41N7O9. The quantitative estimate of drug-likeness (QED) is 0.0519. The fourth-order valence-electron chi connectivity index (χ4n) is 5.80. The van der Waals surface area contributed by atoms with Crippen LogP contribution in [0.4, 0.5) is 4.79 Å². The number of rotatable bonds is 18. The first-order valence-corrected chi connectivity index (χ1v) is 16.5. The lowest BCUT2D eigenvalue weighted by molar-refractivity contribution is -0.143. The van der Waals surface area contributed by atoms with Gasteiger partial charge < -0.3 is 47.7 Å². The number of alkyl carbamates (subject to hydrolysis) is 1. The summed E-state index contributed by atoms with van der Waals surface area (Å²) in [5.74, 6) is -5.94. The highest BCUT2D eigenvalue weighted by Gasteiger charge is 2.31. The molecule has 0 saturated carbocycles. The number of ether oxygens (including phenoxy) is 1. The van der Waals surface area contributed by atoms with Gasteiger partial charge in [-0.2, -0.15) is 0 Å². The fraction of sp³-hybridized carbons (Fsp3) is 0.306. The van der Waals surface area contributed by atoms with E-state index in [1.54, 1.807) is 30.3 Å². The van der Waals surface area contributed by atoms with E-state index in [2.05, 4.69) is 26.3 Å². The maximum absolute atomic E-state index is 13.2. The standard InChI is InChI=1S/C36H41N7O9/c37-35(38)39-16-8-15-27(43-36(51)52-20-26-24-13-6-4-11-22(24)23-12-5-7-14-25(23)26)32(47)40-19-30(44)41-28(18-31(45)46)33(48)42-29(34(49)50)17-21-9-2-1-3-10-21/h1-7,9-14,26-29H,8,15-20H2,(H,40,47)(H,41,44)(H,42,48)(H,43,51)(H,45,46)(H,49,50)(H4,37,38,39)/t27-,28-,29-/m0/s1. The molecule has 0 heterocycles. The average molecular weight is 716 g/mol. The van der Waals surface area contributed by atoms with E-state index in [0.29, 0.717) is 5.56 Å². The Balaban J connectivity index is 1.35. The Hall–Kier alpha value is -6.45. The summed E-state index contributed by atoms with van der Waals surface area (Å²) in [6.07, 6.45) is -1.51. The summed E-state index contributed by atoms with van der Waals surface area (Å²) in [6, 6.07) is 19.8. The number of aliphatic imine (C=N–C) groups is 1. The van der Waals surface area contributed by atoms with Crippen LogP contribution < -0.4 is 32.7 Å². The zero-order chi connectivity index (χ0) is 37.6. The number of nitrogens with two attached hydrogens (primary N) is 2. The van der Waals surface area contributed by atoms with Crippen LogP contribution in [0.25, 0.3) is 11.1 Å². The Morgan fingerprint density at radius 1 is 0.750 bits per heavy atom. The molecule has 16 heteroatoms. The third-order valence-corrected chi connectivity index (χ3v) is 8.25. The first kappa shape index (κ1) is 38.4. The number of carbonyl (C=O) groups is 6. The largest absolute Gasteiger partial charge is 0.481 e. The number of guanidine groups is 1. The van der Waals surface area contributed by atoms with Crippen molar-refractivity contribution in [2.45, 2.75) is 49.7 Å². The average Bonchev–Trinajstić information content (AvgIpc) is 3.44. The van der Waals surface area contributed by atoms with Crippen LogP contribution in [-0.2, 0) is 35.1 Å². The summed E-state index contributed by atoms with van der Waals surface area (Å²) in [4.78, 5) is 79.2. The minimum Gasteiger partial charge on any atom is -0.481 e. The van der Waals surface area contributed by atoms with Crippen LogP contribution in [0.5, 0.6) is 0 Å². The lowest BCUT2D eigenvalue weighted by Gasteiger charge is -2.21. The maximum atomic E-state index is 13.2.